The number of anilines is 1. The van der Waals surface area contributed by atoms with Crippen LogP contribution in [0.25, 0.3) is 0 Å². The molecule has 2 saturated carbocycles. The van der Waals surface area contributed by atoms with E-state index in [-0.39, 0.29) is 0 Å². The van der Waals surface area contributed by atoms with Crippen LogP contribution in [0.2, 0.25) is 0 Å². The second-order valence-electron chi connectivity index (χ2n) is 6.76. The second kappa shape index (κ2) is 5.56. The Morgan fingerprint density at radius 3 is 2.42 bits per heavy atom. The van der Waals surface area contributed by atoms with E-state index in [1.807, 2.05) is 0 Å². The Morgan fingerprint density at radius 2 is 1.68 bits per heavy atom. The molecule has 104 valence electrons. The number of rotatable bonds is 3. The molecule has 0 bridgehead atoms. The lowest BCUT2D eigenvalue weighted by Gasteiger charge is -2.37. The van der Waals surface area contributed by atoms with E-state index in [4.69, 9.17) is 0 Å². The van der Waals surface area contributed by atoms with Crippen molar-refractivity contribution in [1.82, 2.24) is 0 Å². The molecule has 1 aromatic rings. The van der Waals surface area contributed by atoms with Gasteiger partial charge in [-0.25, -0.2) is 0 Å². The predicted octanol–water partition coefficient (Wildman–Crippen LogP) is 4.65. The Hall–Kier alpha value is -0.980. The standard InChI is InChI=1S/C18H27N/c1-14-9-11-17(12-10-14)19(2)13-16-7-3-5-15-6-4-8-18(15)16/h9-12,15-16,18H,3-8,13H2,1-2H3. The molecule has 19 heavy (non-hydrogen) atoms. The largest absolute Gasteiger partial charge is 0.374 e. The van der Waals surface area contributed by atoms with E-state index >= 15 is 0 Å². The Bertz CT molecular complexity index is 408. The summed E-state index contributed by atoms with van der Waals surface area (Å²) < 4.78 is 0. The molecule has 3 unspecified atom stereocenters. The maximum atomic E-state index is 2.48. The summed E-state index contributed by atoms with van der Waals surface area (Å²) in [5, 5.41) is 0. The maximum Gasteiger partial charge on any atom is 0.0363 e. The van der Waals surface area contributed by atoms with Gasteiger partial charge >= 0.3 is 0 Å². The van der Waals surface area contributed by atoms with Gasteiger partial charge in [-0.2, -0.15) is 0 Å². The third-order valence-corrected chi connectivity index (χ3v) is 5.46. The molecule has 0 aromatic heterocycles. The van der Waals surface area contributed by atoms with Gasteiger partial charge in [-0.15, -0.1) is 0 Å². The van der Waals surface area contributed by atoms with Crippen molar-refractivity contribution in [3.63, 3.8) is 0 Å². The number of aryl methyl sites for hydroxylation is 1. The average Bonchev–Trinajstić information content (AvgIpc) is 2.89. The number of hydrogen-bond donors (Lipinski definition) is 0. The van der Waals surface area contributed by atoms with Gasteiger partial charge in [0.2, 0.25) is 0 Å². The van der Waals surface area contributed by atoms with Gasteiger partial charge in [0.25, 0.3) is 0 Å². The third-order valence-electron chi connectivity index (χ3n) is 5.46. The summed E-state index contributed by atoms with van der Waals surface area (Å²) in [7, 11) is 2.27. The van der Waals surface area contributed by atoms with Crippen LogP contribution >= 0.6 is 0 Å². The molecular formula is C18H27N. The number of nitrogens with zero attached hydrogens (tertiary/aromatic N) is 1. The van der Waals surface area contributed by atoms with E-state index in [1.54, 1.807) is 0 Å². The minimum atomic E-state index is 0.938. The van der Waals surface area contributed by atoms with Crippen LogP contribution in [0.3, 0.4) is 0 Å². The van der Waals surface area contributed by atoms with Gasteiger partial charge in [-0.3, -0.25) is 0 Å². The van der Waals surface area contributed by atoms with Gasteiger partial charge in [0.1, 0.15) is 0 Å². The summed E-state index contributed by atoms with van der Waals surface area (Å²) in [5.74, 6) is 3.03. The Balaban J connectivity index is 1.65. The molecule has 0 N–H and O–H groups in total. The molecule has 0 aliphatic heterocycles. The lowest BCUT2D eigenvalue weighted by atomic mass is 9.73. The smallest absolute Gasteiger partial charge is 0.0363 e. The Morgan fingerprint density at radius 1 is 1.00 bits per heavy atom. The molecule has 1 heteroatoms. The van der Waals surface area contributed by atoms with Gasteiger partial charge < -0.3 is 4.90 Å². The molecule has 0 amide bonds. The normalized spacial score (nSPS) is 30.1. The van der Waals surface area contributed by atoms with Crippen molar-refractivity contribution in [2.75, 3.05) is 18.5 Å². The van der Waals surface area contributed by atoms with Crippen molar-refractivity contribution >= 4 is 5.69 Å². The zero-order chi connectivity index (χ0) is 13.2. The van der Waals surface area contributed by atoms with Gasteiger partial charge in [0.15, 0.2) is 0 Å². The topological polar surface area (TPSA) is 3.24 Å². The highest BCUT2D eigenvalue weighted by Gasteiger charge is 2.36. The van der Waals surface area contributed by atoms with Crippen LogP contribution in [0, 0.1) is 24.7 Å². The van der Waals surface area contributed by atoms with Crippen LogP contribution < -0.4 is 4.90 Å². The minimum absolute atomic E-state index is 0.938. The quantitative estimate of drug-likeness (QED) is 0.762. The van der Waals surface area contributed by atoms with E-state index in [0.717, 1.165) is 17.8 Å². The zero-order valence-corrected chi connectivity index (χ0v) is 12.4. The highest BCUT2D eigenvalue weighted by atomic mass is 15.1. The lowest BCUT2D eigenvalue weighted by molar-refractivity contribution is 0.186. The Kier molecular flexibility index (Phi) is 3.81. The van der Waals surface area contributed by atoms with E-state index in [1.165, 1.54) is 56.3 Å². The van der Waals surface area contributed by atoms with Crippen molar-refractivity contribution in [2.45, 2.75) is 45.4 Å². The van der Waals surface area contributed by atoms with E-state index in [2.05, 4.69) is 43.1 Å². The van der Waals surface area contributed by atoms with Gasteiger partial charge in [0.05, 0.1) is 0 Å². The molecule has 1 aromatic carbocycles. The highest BCUT2D eigenvalue weighted by Crippen LogP contribution is 2.45. The summed E-state index contributed by atoms with van der Waals surface area (Å²) in [6.45, 7) is 3.41. The van der Waals surface area contributed by atoms with Crippen LogP contribution in [-0.4, -0.2) is 13.6 Å². The van der Waals surface area contributed by atoms with Gasteiger partial charge in [-0.05, 0) is 49.7 Å². The van der Waals surface area contributed by atoms with Crippen molar-refractivity contribution in [3.05, 3.63) is 29.8 Å². The first-order valence-electron chi connectivity index (χ1n) is 8.02. The molecule has 2 aliphatic carbocycles. The maximum absolute atomic E-state index is 2.48. The number of benzene rings is 1. The summed E-state index contributed by atoms with van der Waals surface area (Å²) in [6.07, 6.45) is 8.92. The van der Waals surface area contributed by atoms with Crippen molar-refractivity contribution in [1.29, 1.82) is 0 Å². The minimum Gasteiger partial charge on any atom is -0.374 e. The van der Waals surface area contributed by atoms with E-state index in [9.17, 15) is 0 Å². The summed E-state index contributed by atoms with van der Waals surface area (Å²) >= 11 is 0. The number of hydrogen-bond acceptors (Lipinski definition) is 1. The van der Waals surface area contributed by atoms with Gasteiger partial charge in [-0.1, -0.05) is 43.4 Å². The zero-order valence-electron chi connectivity index (χ0n) is 12.4. The van der Waals surface area contributed by atoms with Crippen LogP contribution in [-0.2, 0) is 0 Å². The molecule has 0 radical (unpaired) electrons. The Labute approximate surface area is 118 Å². The lowest BCUT2D eigenvalue weighted by Crippen LogP contribution is -2.34. The average molecular weight is 257 g/mol. The molecule has 2 aliphatic rings. The number of fused-ring (bicyclic) bond motifs is 1. The first-order valence-corrected chi connectivity index (χ1v) is 8.02. The fourth-order valence-electron chi connectivity index (χ4n) is 4.38. The summed E-state index contributed by atoms with van der Waals surface area (Å²) in [6, 6.07) is 8.99. The van der Waals surface area contributed by atoms with Crippen LogP contribution in [0.5, 0.6) is 0 Å². The molecule has 0 saturated heterocycles. The van der Waals surface area contributed by atoms with Crippen LogP contribution in [0.4, 0.5) is 5.69 Å². The van der Waals surface area contributed by atoms with Crippen molar-refractivity contribution in [2.24, 2.45) is 17.8 Å². The molecule has 2 fully saturated rings. The summed E-state index contributed by atoms with van der Waals surface area (Å²) in [4.78, 5) is 2.48. The fourth-order valence-corrected chi connectivity index (χ4v) is 4.38. The van der Waals surface area contributed by atoms with Crippen molar-refractivity contribution in [3.8, 4) is 0 Å². The van der Waals surface area contributed by atoms with Crippen molar-refractivity contribution < 1.29 is 0 Å². The molecule has 0 spiro atoms. The van der Waals surface area contributed by atoms with Crippen LogP contribution in [0.15, 0.2) is 24.3 Å². The monoisotopic (exact) mass is 257 g/mol. The van der Waals surface area contributed by atoms with Gasteiger partial charge in [0, 0.05) is 19.3 Å². The molecule has 3 rings (SSSR count). The third kappa shape index (κ3) is 2.80. The van der Waals surface area contributed by atoms with E-state index in [0.29, 0.717) is 0 Å². The predicted molar refractivity (Wildman–Crippen MR) is 82.6 cm³/mol. The first-order chi connectivity index (χ1) is 9.24. The molecule has 3 atom stereocenters. The first kappa shape index (κ1) is 13.0. The molecule has 0 heterocycles. The van der Waals surface area contributed by atoms with Crippen LogP contribution in [0.1, 0.15) is 44.1 Å². The summed E-state index contributed by atoms with van der Waals surface area (Å²) in [5.41, 5.74) is 2.73. The molecular weight excluding hydrogens is 230 g/mol. The molecule has 1 nitrogen and oxygen atoms in total. The highest BCUT2D eigenvalue weighted by molar-refractivity contribution is 5.46. The SMILES string of the molecule is Cc1ccc(N(C)CC2CCCC3CCCC32)cc1. The van der Waals surface area contributed by atoms with E-state index < -0.39 is 0 Å². The second-order valence-corrected chi connectivity index (χ2v) is 6.76. The fraction of sp³-hybridized carbons (Fsp3) is 0.667.